The molecule has 0 bridgehead atoms. The monoisotopic (exact) mass is 370 g/mol. The first kappa shape index (κ1) is 18.9. The Hall–Kier alpha value is -2.83. The number of para-hydroxylation sites is 2. The summed E-state index contributed by atoms with van der Waals surface area (Å²) < 4.78 is 7.09. The van der Waals surface area contributed by atoms with Gasteiger partial charge in [0.1, 0.15) is 5.75 Å². The van der Waals surface area contributed by atoms with Crippen LogP contribution in [0.25, 0.3) is 0 Å². The van der Waals surface area contributed by atoms with Gasteiger partial charge in [0.25, 0.3) is 0 Å². The topological polar surface area (TPSA) is 67.7 Å². The van der Waals surface area contributed by atoms with E-state index in [0.717, 1.165) is 5.56 Å². The van der Waals surface area contributed by atoms with Gasteiger partial charge in [0.15, 0.2) is 0 Å². The molecule has 0 spiro atoms. The summed E-state index contributed by atoms with van der Waals surface area (Å²) >= 11 is 0. The van der Waals surface area contributed by atoms with E-state index in [1.165, 1.54) is 0 Å². The molecule has 3 rings (SSSR count). The number of amides is 2. The van der Waals surface area contributed by atoms with E-state index in [1.807, 2.05) is 56.3 Å². The number of carbonyl (C=O) groups excluding carboxylic acids is 2. The number of anilines is 1. The van der Waals surface area contributed by atoms with Gasteiger partial charge in [-0.25, -0.2) is 0 Å². The lowest BCUT2D eigenvalue weighted by atomic mass is 10.1. The highest BCUT2D eigenvalue weighted by atomic mass is 16.5. The number of hydrogen-bond acceptors (Lipinski definition) is 4. The molecule has 1 fully saturated rings. The highest BCUT2D eigenvalue weighted by Gasteiger charge is 2.38. The number of benzene rings is 1. The van der Waals surface area contributed by atoms with Crippen molar-refractivity contribution >= 4 is 17.5 Å². The molecule has 0 saturated carbocycles. The Bertz CT molecular complexity index is 830. The minimum atomic E-state index is -0.360. The van der Waals surface area contributed by atoms with E-state index < -0.39 is 0 Å². The standard InChI is InChI=1S/C20H26N4O3/c1-14(2)23(12-15-10-21-22(3)11-15)20(26)16-9-19(25)24(13-16)17-7-5-6-8-18(17)27-4/h5-8,10-11,14,16H,9,12-13H2,1-4H3. The fourth-order valence-electron chi connectivity index (χ4n) is 3.46. The fraction of sp³-hybridized carbons (Fsp3) is 0.450. The van der Waals surface area contributed by atoms with Crippen LogP contribution in [0.1, 0.15) is 25.8 Å². The molecular formula is C20H26N4O3. The molecule has 27 heavy (non-hydrogen) atoms. The van der Waals surface area contributed by atoms with Crippen molar-refractivity contribution in [2.24, 2.45) is 13.0 Å². The number of ether oxygens (including phenoxy) is 1. The van der Waals surface area contributed by atoms with Gasteiger partial charge in [-0.15, -0.1) is 0 Å². The molecule has 2 aromatic rings. The lowest BCUT2D eigenvalue weighted by Gasteiger charge is -2.29. The van der Waals surface area contributed by atoms with Crippen LogP contribution in [0.4, 0.5) is 5.69 Å². The maximum absolute atomic E-state index is 13.2. The molecule has 2 amide bonds. The van der Waals surface area contributed by atoms with Crippen molar-refractivity contribution in [2.45, 2.75) is 32.9 Å². The molecule has 0 N–H and O–H groups in total. The van der Waals surface area contributed by atoms with Crippen LogP contribution in [-0.2, 0) is 23.2 Å². The van der Waals surface area contributed by atoms with E-state index in [2.05, 4.69) is 5.10 Å². The first-order valence-corrected chi connectivity index (χ1v) is 9.12. The fourth-order valence-corrected chi connectivity index (χ4v) is 3.46. The quantitative estimate of drug-likeness (QED) is 0.782. The summed E-state index contributed by atoms with van der Waals surface area (Å²) in [6.45, 7) is 4.84. The van der Waals surface area contributed by atoms with Gasteiger partial charge in [-0.05, 0) is 26.0 Å². The van der Waals surface area contributed by atoms with Gasteiger partial charge in [0.2, 0.25) is 11.8 Å². The molecule has 0 radical (unpaired) electrons. The molecule has 1 saturated heterocycles. The van der Waals surface area contributed by atoms with E-state index in [0.29, 0.717) is 24.5 Å². The zero-order chi connectivity index (χ0) is 19.6. The highest BCUT2D eigenvalue weighted by molar-refractivity contribution is 6.01. The third-order valence-corrected chi connectivity index (χ3v) is 4.87. The first-order chi connectivity index (χ1) is 12.9. The van der Waals surface area contributed by atoms with E-state index >= 15 is 0 Å². The summed E-state index contributed by atoms with van der Waals surface area (Å²) in [5.74, 6) is 0.221. The molecule has 1 aromatic carbocycles. The number of rotatable bonds is 6. The average molecular weight is 370 g/mol. The molecule has 2 heterocycles. The lowest BCUT2D eigenvalue weighted by Crippen LogP contribution is -2.41. The van der Waals surface area contributed by atoms with Crippen LogP contribution in [-0.4, -0.2) is 46.2 Å². The number of hydrogen-bond donors (Lipinski definition) is 0. The van der Waals surface area contributed by atoms with Crippen LogP contribution in [0.2, 0.25) is 0 Å². The molecule has 0 aliphatic carbocycles. The number of methoxy groups -OCH3 is 1. The Morgan fingerprint density at radius 2 is 2.11 bits per heavy atom. The van der Waals surface area contributed by atoms with Crippen LogP contribution < -0.4 is 9.64 Å². The van der Waals surface area contributed by atoms with Crippen molar-refractivity contribution in [3.05, 3.63) is 42.2 Å². The van der Waals surface area contributed by atoms with Gasteiger partial charge >= 0.3 is 0 Å². The number of carbonyl (C=O) groups is 2. The summed E-state index contributed by atoms with van der Waals surface area (Å²) in [6.07, 6.45) is 3.89. The number of aryl methyl sites for hydroxylation is 1. The van der Waals surface area contributed by atoms with Crippen LogP contribution >= 0.6 is 0 Å². The van der Waals surface area contributed by atoms with E-state index in [1.54, 1.807) is 22.9 Å². The minimum Gasteiger partial charge on any atom is -0.495 e. The first-order valence-electron chi connectivity index (χ1n) is 9.12. The molecule has 7 heteroatoms. The number of aromatic nitrogens is 2. The Morgan fingerprint density at radius 1 is 1.37 bits per heavy atom. The lowest BCUT2D eigenvalue weighted by molar-refractivity contribution is -0.138. The van der Waals surface area contributed by atoms with Gasteiger partial charge in [-0.3, -0.25) is 14.3 Å². The maximum Gasteiger partial charge on any atom is 0.228 e. The van der Waals surface area contributed by atoms with Crippen molar-refractivity contribution in [1.29, 1.82) is 0 Å². The zero-order valence-corrected chi connectivity index (χ0v) is 16.3. The second-order valence-corrected chi connectivity index (χ2v) is 7.16. The van der Waals surface area contributed by atoms with Crippen LogP contribution in [0, 0.1) is 5.92 Å². The van der Waals surface area contributed by atoms with Gasteiger partial charge in [0, 0.05) is 44.4 Å². The summed E-state index contributed by atoms with van der Waals surface area (Å²) in [7, 11) is 3.43. The second-order valence-electron chi connectivity index (χ2n) is 7.16. The molecular weight excluding hydrogens is 344 g/mol. The predicted octanol–water partition coefficient (Wildman–Crippen LogP) is 2.22. The van der Waals surface area contributed by atoms with Crippen molar-refractivity contribution < 1.29 is 14.3 Å². The van der Waals surface area contributed by atoms with Gasteiger partial charge in [-0.2, -0.15) is 5.10 Å². The summed E-state index contributed by atoms with van der Waals surface area (Å²) in [4.78, 5) is 29.2. The predicted molar refractivity (Wildman–Crippen MR) is 102 cm³/mol. The molecule has 1 aliphatic heterocycles. The molecule has 1 aliphatic rings. The Balaban J connectivity index is 1.77. The summed E-state index contributed by atoms with van der Waals surface area (Å²) in [5.41, 5.74) is 1.69. The third-order valence-electron chi connectivity index (χ3n) is 4.87. The molecule has 144 valence electrons. The van der Waals surface area contributed by atoms with Crippen molar-refractivity contribution in [3.63, 3.8) is 0 Å². The van der Waals surface area contributed by atoms with E-state index in [-0.39, 0.29) is 30.2 Å². The highest BCUT2D eigenvalue weighted by Crippen LogP contribution is 2.33. The summed E-state index contributed by atoms with van der Waals surface area (Å²) in [6, 6.07) is 7.43. The summed E-state index contributed by atoms with van der Waals surface area (Å²) in [5, 5.41) is 4.17. The molecule has 1 aromatic heterocycles. The van der Waals surface area contributed by atoms with Crippen LogP contribution in [0.5, 0.6) is 5.75 Å². The normalized spacial score (nSPS) is 16.9. The SMILES string of the molecule is COc1ccccc1N1CC(C(=O)N(Cc2cnn(C)c2)C(C)C)CC1=O. The van der Waals surface area contributed by atoms with Crippen molar-refractivity contribution in [1.82, 2.24) is 14.7 Å². The Kier molecular flexibility index (Phi) is 5.48. The third kappa shape index (κ3) is 3.97. The van der Waals surface area contributed by atoms with Crippen LogP contribution in [0.3, 0.4) is 0 Å². The largest absolute Gasteiger partial charge is 0.495 e. The minimum absolute atomic E-state index is 0.000369. The molecule has 7 nitrogen and oxygen atoms in total. The smallest absolute Gasteiger partial charge is 0.228 e. The Labute approximate surface area is 159 Å². The molecule has 1 unspecified atom stereocenters. The van der Waals surface area contributed by atoms with Gasteiger partial charge in [-0.1, -0.05) is 12.1 Å². The van der Waals surface area contributed by atoms with E-state index in [9.17, 15) is 9.59 Å². The van der Waals surface area contributed by atoms with Crippen LogP contribution in [0.15, 0.2) is 36.7 Å². The van der Waals surface area contributed by atoms with E-state index in [4.69, 9.17) is 4.74 Å². The van der Waals surface area contributed by atoms with Gasteiger partial charge < -0.3 is 14.5 Å². The zero-order valence-electron chi connectivity index (χ0n) is 16.3. The maximum atomic E-state index is 13.2. The number of nitrogens with zero attached hydrogens (tertiary/aromatic N) is 4. The molecule has 1 atom stereocenters. The second kappa shape index (κ2) is 7.82. The Morgan fingerprint density at radius 3 is 2.74 bits per heavy atom. The van der Waals surface area contributed by atoms with Crippen molar-refractivity contribution in [3.8, 4) is 5.75 Å². The average Bonchev–Trinajstić information content (AvgIpc) is 3.24. The van der Waals surface area contributed by atoms with Crippen molar-refractivity contribution in [2.75, 3.05) is 18.6 Å². The van der Waals surface area contributed by atoms with Gasteiger partial charge in [0.05, 0.1) is 24.9 Å².